The fraction of sp³-hybridized carbons (Fsp3) is 0.150. The fourth-order valence-electron chi connectivity index (χ4n) is 2.61. The predicted octanol–water partition coefficient (Wildman–Crippen LogP) is 3.71. The van der Waals surface area contributed by atoms with Gasteiger partial charge in [-0.25, -0.2) is 14.8 Å². The zero-order valence-corrected chi connectivity index (χ0v) is 16.6. The Morgan fingerprint density at radius 3 is 2.55 bits per heavy atom. The van der Waals surface area contributed by atoms with Gasteiger partial charge in [-0.15, -0.1) is 0 Å². The molecule has 0 radical (unpaired) electrons. The highest BCUT2D eigenvalue weighted by molar-refractivity contribution is 7.98. The molecule has 1 amide bonds. The summed E-state index contributed by atoms with van der Waals surface area (Å²) in [7, 11) is 1.45. The first-order chi connectivity index (χ1) is 13.9. The Hall–Kier alpha value is -3.64. The van der Waals surface area contributed by atoms with E-state index in [1.165, 1.54) is 18.8 Å². The predicted molar refractivity (Wildman–Crippen MR) is 112 cm³/mol. The molecule has 0 saturated heterocycles. The molecule has 3 aromatic rings. The molecule has 0 unspecified atom stereocenters. The maximum atomic E-state index is 11.1. The van der Waals surface area contributed by atoms with Crippen LogP contribution in [0.3, 0.4) is 0 Å². The van der Waals surface area contributed by atoms with Gasteiger partial charge in [-0.1, -0.05) is 30.0 Å². The summed E-state index contributed by atoms with van der Waals surface area (Å²) in [5.74, 6) is 0.665. The zero-order valence-electron chi connectivity index (χ0n) is 15.8. The number of thioether (sulfide) groups is 1. The minimum Gasteiger partial charge on any atom is -0.465 e. The van der Waals surface area contributed by atoms with Gasteiger partial charge in [-0.2, -0.15) is 5.26 Å². The summed E-state index contributed by atoms with van der Waals surface area (Å²) in [5, 5.41) is 19.0. The minimum atomic E-state index is -1.06. The fourth-order valence-corrected chi connectivity index (χ4v) is 3.37. The smallest absolute Gasteiger partial charge is 0.411 e. The van der Waals surface area contributed by atoms with Crippen LogP contribution in [0, 0.1) is 18.3 Å². The summed E-state index contributed by atoms with van der Waals surface area (Å²) in [5.41, 5.74) is 9.55. The van der Waals surface area contributed by atoms with Gasteiger partial charge in [-0.3, -0.25) is 9.88 Å². The van der Waals surface area contributed by atoms with Crippen LogP contribution in [-0.2, 0) is 5.75 Å². The largest absolute Gasteiger partial charge is 0.465 e. The van der Waals surface area contributed by atoms with E-state index in [0.29, 0.717) is 27.9 Å². The van der Waals surface area contributed by atoms with E-state index in [1.807, 2.05) is 25.1 Å². The number of aromatic nitrogens is 3. The maximum absolute atomic E-state index is 11.1. The summed E-state index contributed by atoms with van der Waals surface area (Å²) in [6, 6.07) is 14.5. The van der Waals surface area contributed by atoms with Gasteiger partial charge in [0, 0.05) is 29.7 Å². The quantitative estimate of drug-likeness (QED) is 0.484. The van der Waals surface area contributed by atoms with E-state index in [2.05, 4.69) is 21.0 Å². The number of nitriles is 1. The Labute approximate surface area is 172 Å². The van der Waals surface area contributed by atoms with Crippen molar-refractivity contribution in [1.82, 2.24) is 15.0 Å². The van der Waals surface area contributed by atoms with Crippen LogP contribution < -0.4 is 10.6 Å². The number of nitrogens with zero attached hydrogens (tertiary/aromatic N) is 5. The molecule has 0 aliphatic carbocycles. The molecule has 0 aliphatic heterocycles. The van der Waals surface area contributed by atoms with Crippen molar-refractivity contribution in [3.05, 3.63) is 59.4 Å². The highest BCUT2D eigenvalue weighted by Crippen LogP contribution is 2.29. The number of hydrogen-bond donors (Lipinski definition) is 2. The number of amides is 1. The van der Waals surface area contributed by atoms with Crippen molar-refractivity contribution in [2.45, 2.75) is 17.8 Å². The van der Waals surface area contributed by atoms with E-state index in [-0.39, 0.29) is 11.4 Å². The number of rotatable bonds is 5. The lowest BCUT2D eigenvalue weighted by Crippen LogP contribution is -2.23. The SMILES string of the molecule is Cc1cccc(CSc2nc(N)c(C#N)c(-c3ccc(N(C)C(=O)O)cc3)n2)n1. The summed E-state index contributed by atoms with van der Waals surface area (Å²) in [6.45, 7) is 1.92. The lowest BCUT2D eigenvalue weighted by atomic mass is 10.1. The molecule has 1 aromatic carbocycles. The van der Waals surface area contributed by atoms with Crippen molar-refractivity contribution in [3.8, 4) is 17.3 Å². The number of nitrogens with two attached hydrogens (primary N) is 1. The van der Waals surface area contributed by atoms with Crippen molar-refractivity contribution < 1.29 is 9.90 Å². The second-order valence-electron chi connectivity index (χ2n) is 6.17. The van der Waals surface area contributed by atoms with Crippen LogP contribution in [-0.4, -0.2) is 33.2 Å². The van der Waals surface area contributed by atoms with Gasteiger partial charge in [-0.05, 0) is 31.2 Å². The third-order valence-corrected chi connectivity index (χ3v) is 5.02. The lowest BCUT2D eigenvalue weighted by molar-refractivity contribution is 0.203. The number of hydrogen-bond acceptors (Lipinski definition) is 7. The van der Waals surface area contributed by atoms with Gasteiger partial charge in [0.05, 0.1) is 11.4 Å². The molecule has 0 aliphatic rings. The summed E-state index contributed by atoms with van der Waals surface area (Å²) < 4.78 is 0. The zero-order chi connectivity index (χ0) is 21.0. The Bertz CT molecular complexity index is 1100. The molecular formula is C20H18N6O2S. The minimum absolute atomic E-state index is 0.101. The maximum Gasteiger partial charge on any atom is 0.411 e. The molecule has 29 heavy (non-hydrogen) atoms. The van der Waals surface area contributed by atoms with Crippen LogP contribution in [0.15, 0.2) is 47.6 Å². The standard InChI is InChI=1S/C20H18N6O2S/c1-12-4-3-5-14(23-12)11-29-19-24-17(16(10-21)18(22)25-19)13-6-8-15(9-7-13)26(2)20(27)28/h3-9H,11H2,1-2H3,(H,27,28)(H2,22,24,25). The number of nitrogen functional groups attached to an aromatic ring is 1. The van der Waals surface area contributed by atoms with E-state index < -0.39 is 6.09 Å². The summed E-state index contributed by atoms with van der Waals surface area (Å²) in [4.78, 5) is 25.4. The lowest BCUT2D eigenvalue weighted by Gasteiger charge is -2.14. The monoisotopic (exact) mass is 406 g/mol. The van der Waals surface area contributed by atoms with Crippen LogP contribution >= 0.6 is 11.8 Å². The third kappa shape index (κ3) is 4.62. The van der Waals surface area contributed by atoms with Crippen molar-refractivity contribution in [2.75, 3.05) is 17.7 Å². The molecule has 0 spiro atoms. The topological polar surface area (TPSA) is 129 Å². The number of benzene rings is 1. The van der Waals surface area contributed by atoms with Gasteiger partial charge in [0.15, 0.2) is 5.16 Å². The van der Waals surface area contributed by atoms with Crippen LogP contribution in [0.2, 0.25) is 0 Å². The molecule has 8 nitrogen and oxygen atoms in total. The Morgan fingerprint density at radius 1 is 1.21 bits per heavy atom. The molecule has 3 N–H and O–H groups in total. The average Bonchev–Trinajstić information content (AvgIpc) is 2.71. The molecule has 0 fully saturated rings. The van der Waals surface area contributed by atoms with E-state index >= 15 is 0 Å². The van der Waals surface area contributed by atoms with Crippen LogP contribution in [0.5, 0.6) is 0 Å². The van der Waals surface area contributed by atoms with Crippen molar-refractivity contribution in [1.29, 1.82) is 5.26 Å². The molecule has 0 atom stereocenters. The Kier molecular flexibility index (Phi) is 5.95. The van der Waals surface area contributed by atoms with E-state index in [0.717, 1.165) is 16.3 Å². The number of aryl methyl sites for hydroxylation is 1. The van der Waals surface area contributed by atoms with E-state index in [4.69, 9.17) is 10.8 Å². The highest BCUT2D eigenvalue weighted by Gasteiger charge is 2.16. The second-order valence-corrected chi connectivity index (χ2v) is 7.12. The van der Waals surface area contributed by atoms with Crippen molar-refractivity contribution >= 4 is 29.4 Å². The molecule has 146 valence electrons. The average molecular weight is 406 g/mol. The normalized spacial score (nSPS) is 10.4. The number of carbonyl (C=O) groups is 1. The summed E-state index contributed by atoms with van der Waals surface area (Å²) >= 11 is 1.38. The van der Waals surface area contributed by atoms with E-state index in [9.17, 15) is 10.1 Å². The van der Waals surface area contributed by atoms with Crippen LogP contribution in [0.25, 0.3) is 11.3 Å². The number of carboxylic acid groups (broad SMARTS) is 1. The first-order valence-corrected chi connectivity index (χ1v) is 9.57. The first-order valence-electron chi connectivity index (χ1n) is 8.59. The summed E-state index contributed by atoms with van der Waals surface area (Å²) in [6.07, 6.45) is -1.06. The van der Waals surface area contributed by atoms with Gasteiger partial charge in [0.2, 0.25) is 0 Å². The Morgan fingerprint density at radius 2 is 1.93 bits per heavy atom. The van der Waals surface area contributed by atoms with Crippen molar-refractivity contribution in [2.24, 2.45) is 0 Å². The van der Waals surface area contributed by atoms with Crippen LogP contribution in [0.1, 0.15) is 17.0 Å². The molecule has 0 saturated carbocycles. The highest BCUT2D eigenvalue weighted by atomic mass is 32.2. The second kappa shape index (κ2) is 8.58. The van der Waals surface area contributed by atoms with Gasteiger partial charge in [0.25, 0.3) is 0 Å². The van der Waals surface area contributed by atoms with E-state index in [1.54, 1.807) is 24.3 Å². The number of pyridine rings is 1. The molecule has 9 heteroatoms. The first kappa shape index (κ1) is 20.1. The molecule has 0 bridgehead atoms. The molecule has 3 rings (SSSR count). The van der Waals surface area contributed by atoms with Crippen molar-refractivity contribution in [3.63, 3.8) is 0 Å². The molecule has 2 heterocycles. The van der Waals surface area contributed by atoms with Gasteiger partial charge in [0.1, 0.15) is 17.5 Å². The number of anilines is 2. The van der Waals surface area contributed by atoms with Gasteiger partial charge >= 0.3 is 6.09 Å². The Balaban J connectivity index is 1.91. The van der Waals surface area contributed by atoms with Crippen LogP contribution in [0.4, 0.5) is 16.3 Å². The third-order valence-electron chi connectivity index (χ3n) is 4.14. The molecule has 2 aromatic heterocycles. The van der Waals surface area contributed by atoms with Gasteiger partial charge < -0.3 is 10.8 Å². The molecular weight excluding hydrogens is 388 g/mol.